The number of fused-ring (bicyclic) bond motifs is 1. The summed E-state index contributed by atoms with van der Waals surface area (Å²) in [6.45, 7) is 12.7. The van der Waals surface area contributed by atoms with Gasteiger partial charge in [0, 0.05) is 57.9 Å². The molecule has 3 N–H and O–H groups in total. The lowest BCUT2D eigenvalue weighted by Gasteiger charge is -2.35. The van der Waals surface area contributed by atoms with E-state index in [-0.39, 0.29) is 31.2 Å². The first-order valence-electron chi connectivity index (χ1n) is 20.4. The fourth-order valence-corrected chi connectivity index (χ4v) is 10.3. The molecular formula is C43H50ClN7O8S2. The molecule has 5 atom stereocenters. The van der Waals surface area contributed by atoms with Crippen LogP contribution in [-0.4, -0.2) is 110 Å². The first kappa shape index (κ1) is 42.7. The van der Waals surface area contributed by atoms with Gasteiger partial charge in [-0.1, -0.05) is 50.6 Å². The SMILES string of the molecule is C=C[C@@H]1C[C@]1(NC(=O)[C@@H]1C[C@@H](Oc2ncc(OC)c3ccc(Cl)cc23)CN1C(=O)[C@@H](Nc1nc(-c2ccc(N3CCOCC3)cc2)cs1)C(C)(C)C)C(=O)NS(=O)(=O)C1CC1. The van der Waals surface area contributed by atoms with E-state index < -0.39 is 62.1 Å². The smallest absolute Gasteiger partial charge is 0.259 e. The molecule has 18 heteroatoms. The molecule has 4 heterocycles. The number of carbonyl (C=O) groups is 3. The average molecular weight is 893 g/mol. The summed E-state index contributed by atoms with van der Waals surface area (Å²) in [4.78, 5) is 56.3. The maximum absolute atomic E-state index is 15.0. The molecule has 0 unspecified atom stereocenters. The van der Waals surface area contributed by atoms with E-state index in [0.717, 1.165) is 30.0 Å². The number of anilines is 2. The molecule has 324 valence electrons. The number of rotatable bonds is 14. The molecule has 2 saturated heterocycles. The topological polar surface area (TPSA) is 181 Å². The lowest BCUT2D eigenvalue weighted by atomic mass is 9.85. The summed E-state index contributed by atoms with van der Waals surface area (Å²) >= 11 is 7.77. The minimum absolute atomic E-state index is 0.000296. The number of benzene rings is 2. The number of pyridine rings is 1. The molecule has 2 aliphatic heterocycles. The van der Waals surface area contributed by atoms with Gasteiger partial charge in [0.1, 0.15) is 29.5 Å². The number of hydrogen-bond donors (Lipinski definition) is 3. The van der Waals surface area contributed by atoms with E-state index in [1.807, 2.05) is 38.3 Å². The number of aromatic nitrogens is 2. The number of hydrogen-bond acceptors (Lipinski definition) is 13. The first-order chi connectivity index (χ1) is 29.1. The van der Waals surface area contributed by atoms with Crippen LogP contribution in [-0.2, 0) is 29.1 Å². The fraction of sp³-hybridized carbons (Fsp3) is 0.465. The number of halogens is 1. The Morgan fingerprint density at radius 1 is 1.10 bits per heavy atom. The van der Waals surface area contributed by atoms with E-state index in [9.17, 15) is 22.8 Å². The van der Waals surface area contributed by atoms with Crippen molar-refractivity contribution in [3.63, 3.8) is 0 Å². The van der Waals surface area contributed by atoms with E-state index in [2.05, 4.69) is 44.0 Å². The third-order valence-electron chi connectivity index (χ3n) is 11.8. The highest BCUT2D eigenvalue weighted by atomic mass is 35.5. The monoisotopic (exact) mass is 891 g/mol. The predicted molar refractivity (Wildman–Crippen MR) is 235 cm³/mol. The zero-order valence-electron chi connectivity index (χ0n) is 34.5. The van der Waals surface area contributed by atoms with Crippen LogP contribution in [0.5, 0.6) is 11.6 Å². The van der Waals surface area contributed by atoms with Crippen molar-refractivity contribution in [3.05, 3.63) is 71.7 Å². The highest BCUT2D eigenvalue weighted by molar-refractivity contribution is 7.91. The second-order valence-corrected chi connectivity index (χ2v) is 20.4. The van der Waals surface area contributed by atoms with Crippen molar-refractivity contribution in [2.24, 2.45) is 11.3 Å². The number of thiazole rings is 1. The van der Waals surface area contributed by atoms with E-state index in [0.29, 0.717) is 52.7 Å². The summed E-state index contributed by atoms with van der Waals surface area (Å²) in [7, 11) is -2.37. The van der Waals surface area contributed by atoms with Gasteiger partial charge in [0.15, 0.2) is 5.13 Å². The third kappa shape index (κ3) is 8.88. The normalized spacial score (nSPS) is 23.3. The van der Waals surface area contributed by atoms with Gasteiger partial charge in [-0.2, -0.15) is 0 Å². The third-order valence-corrected chi connectivity index (χ3v) is 14.6. The van der Waals surface area contributed by atoms with Gasteiger partial charge in [0.25, 0.3) is 5.91 Å². The average Bonchev–Trinajstić information content (AvgIpc) is 4.13. The van der Waals surface area contributed by atoms with Crippen molar-refractivity contribution in [1.29, 1.82) is 0 Å². The quantitative estimate of drug-likeness (QED) is 0.137. The maximum atomic E-state index is 15.0. The van der Waals surface area contributed by atoms with Crippen molar-refractivity contribution in [3.8, 4) is 22.9 Å². The van der Waals surface area contributed by atoms with E-state index in [1.165, 1.54) is 35.6 Å². The van der Waals surface area contributed by atoms with Crippen molar-refractivity contribution < 1.29 is 37.0 Å². The lowest BCUT2D eigenvalue weighted by Crippen LogP contribution is -2.58. The lowest BCUT2D eigenvalue weighted by molar-refractivity contribution is -0.141. The number of nitrogens with zero attached hydrogens (tertiary/aromatic N) is 4. The number of carbonyl (C=O) groups excluding carboxylic acids is 3. The van der Waals surface area contributed by atoms with Gasteiger partial charge in [-0.25, -0.2) is 18.4 Å². The molecule has 2 saturated carbocycles. The number of nitrogens with one attached hydrogen (secondary N) is 3. The van der Waals surface area contributed by atoms with Crippen LogP contribution >= 0.6 is 22.9 Å². The number of likely N-dealkylation sites (tertiary alicyclic amines) is 1. The minimum Gasteiger partial charge on any atom is -0.494 e. The maximum Gasteiger partial charge on any atom is 0.259 e. The van der Waals surface area contributed by atoms with Crippen molar-refractivity contribution in [2.75, 3.05) is 50.2 Å². The second kappa shape index (κ2) is 16.7. The highest BCUT2D eigenvalue weighted by Gasteiger charge is 2.62. The first-order valence-corrected chi connectivity index (χ1v) is 23.2. The van der Waals surface area contributed by atoms with E-state index >= 15 is 0 Å². The summed E-state index contributed by atoms with van der Waals surface area (Å²) in [6.07, 6.45) is 3.48. The molecule has 8 rings (SSSR count). The van der Waals surface area contributed by atoms with Crippen LogP contribution < -0.4 is 29.7 Å². The van der Waals surface area contributed by atoms with E-state index in [4.69, 9.17) is 30.8 Å². The minimum atomic E-state index is -3.90. The summed E-state index contributed by atoms with van der Waals surface area (Å²) in [5, 5.41) is 9.82. The van der Waals surface area contributed by atoms with Gasteiger partial charge >= 0.3 is 0 Å². The number of methoxy groups -OCH3 is 1. The van der Waals surface area contributed by atoms with Gasteiger partial charge in [0.2, 0.25) is 27.7 Å². The number of morpholine rings is 1. The molecule has 61 heavy (non-hydrogen) atoms. The molecule has 2 aliphatic carbocycles. The molecule has 0 radical (unpaired) electrons. The Morgan fingerprint density at radius 3 is 2.49 bits per heavy atom. The van der Waals surface area contributed by atoms with Gasteiger partial charge in [0.05, 0.1) is 44.0 Å². The van der Waals surface area contributed by atoms with Gasteiger partial charge in [-0.05, 0) is 55.0 Å². The standard InChI is InChI=1S/C43H50ClN7O8S2/c1-6-26-21-43(26,40(54)49-61(55,56)30-12-13-30)48-37(52)34-20-29(59-38-32-19-27(44)9-14-31(32)35(57-5)22-45-38)23-51(34)39(53)36(42(2,3)4)47-41-46-33(24-60-41)25-7-10-28(11-8-25)50-15-17-58-18-16-50/h6-11,14,19,22,24,26,29-30,34,36H,1,12-13,15-18,20-21,23H2,2-5H3,(H,46,47)(H,48,52)(H,49,54)/t26-,29-,34+,36-,43-/m1/s1. The number of ether oxygens (including phenoxy) is 3. The number of amides is 3. The molecule has 15 nitrogen and oxygen atoms in total. The van der Waals surface area contributed by atoms with Crippen LogP contribution in [0.3, 0.4) is 0 Å². The van der Waals surface area contributed by atoms with Crippen LogP contribution in [0.25, 0.3) is 22.0 Å². The summed E-state index contributed by atoms with van der Waals surface area (Å²) in [5.41, 5.74) is 0.578. The Bertz CT molecular complexity index is 2450. The Labute approximate surface area is 364 Å². The van der Waals surface area contributed by atoms with Crippen LogP contribution in [0.4, 0.5) is 10.8 Å². The fourth-order valence-electron chi connectivity index (χ4n) is 8.05. The zero-order chi connectivity index (χ0) is 43.3. The Balaban J connectivity index is 1.06. The van der Waals surface area contributed by atoms with E-state index in [1.54, 1.807) is 18.2 Å². The van der Waals surface area contributed by atoms with Crippen LogP contribution in [0, 0.1) is 11.3 Å². The number of sulfonamides is 1. The zero-order valence-corrected chi connectivity index (χ0v) is 36.9. The van der Waals surface area contributed by atoms with Gasteiger partial charge in [-0.15, -0.1) is 17.9 Å². The highest BCUT2D eigenvalue weighted by Crippen LogP contribution is 2.46. The van der Waals surface area contributed by atoms with Crippen LogP contribution in [0.15, 0.2) is 66.7 Å². The Morgan fingerprint density at radius 2 is 1.84 bits per heavy atom. The molecule has 4 aliphatic rings. The molecule has 4 aromatic rings. The molecule has 0 bridgehead atoms. The molecule has 2 aromatic carbocycles. The Hall–Kier alpha value is -4.97. The Kier molecular flexibility index (Phi) is 11.7. The van der Waals surface area contributed by atoms with Crippen LogP contribution in [0.2, 0.25) is 5.02 Å². The van der Waals surface area contributed by atoms with Gasteiger partial charge < -0.3 is 34.6 Å². The largest absolute Gasteiger partial charge is 0.494 e. The van der Waals surface area contributed by atoms with Crippen molar-refractivity contribution in [1.82, 2.24) is 24.9 Å². The molecule has 2 aromatic heterocycles. The summed E-state index contributed by atoms with van der Waals surface area (Å²) < 4.78 is 45.4. The van der Waals surface area contributed by atoms with Gasteiger partial charge in [-0.3, -0.25) is 19.1 Å². The molecule has 3 amide bonds. The predicted octanol–water partition coefficient (Wildman–Crippen LogP) is 5.40. The molecule has 0 spiro atoms. The summed E-state index contributed by atoms with van der Waals surface area (Å²) in [6, 6.07) is 11.5. The second-order valence-electron chi connectivity index (χ2n) is 17.1. The van der Waals surface area contributed by atoms with Crippen LogP contribution in [0.1, 0.15) is 46.5 Å². The molecule has 4 fully saturated rings. The van der Waals surface area contributed by atoms with Crippen molar-refractivity contribution in [2.45, 2.75) is 75.4 Å². The summed E-state index contributed by atoms with van der Waals surface area (Å²) in [5.74, 6) is -1.58. The molecular weight excluding hydrogens is 842 g/mol. The van der Waals surface area contributed by atoms with Crippen molar-refractivity contribution >= 4 is 72.3 Å².